The zero-order chi connectivity index (χ0) is 9.10. The van der Waals surface area contributed by atoms with Gasteiger partial charge in [-0.1, -0.05) is 24.6 Å². The summed E-state index contributed by atoms with van der Waals surface area (Å²) in [5.74, 6) is 2.93. The van der Waals surface area contributed by atoms with Crippen molar-refractivity contribution < 1.29 is 0 Å². The van der Waals surface area contributed by atoms with Crippen LogP contribution >= 0.6 is 0 Å². The quantitative estimate of drug-likeness (QED) is 0.439. The van der Waals surface area contributed by atoms with Crippen molar-refractivity contribution in [1.82, 2.24) is 0 Å². The number of fused-ring (bicyclic) bond motifs is 2. The normalized spacial score (nSPS) is 35.5. The molecule has 72 valence electrons. The Morgan fingerprint density at radius 3 is 2.77 bits per heavy atom. The van der Waals surface area contributed by atoms with E-state index in [1.54, 1.807) is 0 Å². The average molecular weight is 176 g/mol. The van der Waals surface area contributed by atoms with Gasteiger partial charge in [0.2, 0.25) is 0 Å². The van der Waals surface area contributed by atoms with E-state index in [1.807, 2.05) is 6.08 Å². The second-order valence-corrected chi connectivity index (χ2v) is 4.61. The van der Waals surface area contributed by atoms with Gasteiger partial charge in [0.25, 0.3) is 0 Å². The molecule has 0 radical (unpaired) electrons. The van der Waals surface area contributed by atoms with E-state index in [-0.39, 0.29) is 0 Å². The Kier molecular flexibility index (Phi) is 2.87. The minimum atomic E-state index is 0.953. The van der Waals surface area contributed by atoms with Gasteiger partial charge in [-0.3, -0.25) is 0 Å². The maximum Gasteiger partial charge on any atom is -0.0199 e. The number of allylic oxidation sites excluding steroid dienone is 3. The van der Waals surface area contributed by atoms with Crippen LogP contribution in [0.4, 0.5) is 0 Å². The zero-order valence-corrected chi connectivity index (χ0v) is 8.41. The third-order valence-corrected chi connectivity index (χ3v) is 3.65. The molecule has 0 saturated heterocycles. The van der Waals surface area contributed by atoms with Crippen LogP contribution < -0.4 is 0 Å². The fraction of sp³-hybridized carbons (Fsp3) is 0.692. The van der Waals surface area contributed by atoms with E-state index < -0.39 is 0 Å². The highest BCUT2D eigenvalue weighted by Crippen LogP contribution is 2.45. The van der Waals surface area contributed by atoms with Crippen molar-refractivity contribution in [1.29, 1.82) is 0 Å². The van der Waals surface area contributed by atoms with Gasteiger partial charge in [0.05, 0.1) is 0 Å². The number of hydrogen-bond acceptors (Lipinski definition) is 0. The van der Waals surface area contributed by atoms with Crippen LogP contribution in [0.3, 0.4) is 0 Å². The lowest BCUT2D eigenvalue weighted by Gasteiger charge is -2.17. The molecule has 0 nitrogen and oxygen atoms in total. The molecule has 2 aliphatic rings. The Balaban J connectivity index is 1.66. The highest BCUT2D eigenvalue weighted by atomic mass is 14.4. The SMILES string of the molecule is C=CCCCC[C@H]1CC2C=CC1C2. The first-order valence-electron chi connectivity index (χ1n) is 5.69. The van der Waals surface area contributed by atoms with Crippen LogP contribution in [0, 0.1) is 17.8 Å². The maximum absolute atomic E-state index is 3.76. The van der Waals surface area contributed by atoms with Crippen molar-refractivity contribution in [3.63, 3.8) is 0 Å². The van der Waals surface area contributed by atoms with Gasteiger partial charge in [0.1, 0.15) is 0 Å². The van der Waals surface area contributed by atoms with E-state index in [9.17, 15) is 0 Å². The number of unbranched alkanes of at least 4 members (excludes halogenated alkanes) is 2. The van der Waals surface area contributed by atoms with E-state index in [2.05, 4.69) is 18.7 Å². The van der Waals surface area contributed by atoms with Gasteiger partial charge in [-0.05, 0) is 49.9 Å². The van der Waals surface area contributed by atoms with Crippen LogP contribution in [0.5, 0.6) is 0 Å². The van der Waals surface area contributed by atoms with Crippen LogP contribution in [0.1, 0.15) is 38.5 Å². The molecule has 1 fully saturated rings. The minimum Gasteiger partial charge on any atom is -0.103 e. The maximum atomic E-state index is 3.76. The van der Waals surface area contributed by atoms with Crippen LogP contribution in [-0.4, -0.2) is 0 Å². The van der Waals surface area contributed by atoms with Crippen molar-refractivity contribution >= 4 is 0 Å². The summed E-state index contributed by atoms with van der Waals surface area (Å²) in [6.07, 6.45) is 15.3. The lowest BCUT2D eigenvalue weighted by molar-refractivity contribution is 0.399. The topological polar surface area (TPSA) is 0 Å². The summed E-state index contributed by atoms with van der Waals surface area (Å²) in [6.45, 7) is 3.76. The molecule has 0 aromatic carbocycles. The Morgan fingerprint density at radius 1 is 1.23 bits per heavy atom. The second-order valence-electron chi connectivity index (χ2n) is 4.61. The molecule has 0 spiro atoms. The van der Waals surface area contributed by atoms with Crippen LogP contribution in [0.25, 0.3) is 0 Å². The molecule has 13 heavy (non-hydrogen) atoms. The molecular formula is C13H20. The van der Waals surface area contributed by atoms with Gasteiger partial charge in [-0.15, -0.1) is 6.58 Å². The highest BCUT2D eigenvalue weighted by molar-refractivity contribution is 5.09. The Morgan fingerprint density at radius 2 is 2.15 bits per heavy atom. The van der Waals surface area contributed by atoms with Crippen molar-refractivity contribution in [3.05, 3.63) is 24.8 Å². The van der Waals surface area contributed by atoms with Gasteiger partial charge in [0.15, 0.2) is 0 Å². The van der Waals surface area contributed by atoms with Crippen molar-refractivity contribution in [2.75, 3.05) is 0 Å². The van der Waals surface area contributed by atoms with Crippen molar-refractivity contribution in [2.45, 2.75) is 38.5 Å². The van der Waals surface area contributed by atoms with Crippen LogP contribution in [0.15, 0.2) is 24.8 Å². The van der Waals surface area contributed by atoms with Gasteiger partial charge >= 0.3 is 0 Å². The zero-order valence-electron chi connectivity index (χ0n) is 8.41. The lowest BCUT2D eigenvalue weighted by Crippen LogP contribution is -2.06. The van der Waals surface area contributed by atoms with Crippen molar-refractivity contribution in [3.8, 4) is 0 Å². The molecule has 0 aromatic rings. The first kappa shape index (κ1) is 9.05. The molecule has 0 N–H and O–H groups in total. The summed E-state index contributed by atoms with van der Waals surface area (Å²) in [4.78, 5) is 0. The first-order chi connectivity index (χ1) is 6.40. The third-order valence-electron chi connectivity index (χ3n) is 3.65. The molecule has 2 aliphatic carbocycles. The average Bonchev–Trinajstić information content (AvgIpc) is 2.73. The predicted octanol–water partition coefficient (Wildman–Crippen LogP) is 3.95. The van der Waals surface area contributed by atoms with Gasteiger partial charge in [-0.25, -0.2) is 0 Å². The van der Waals surface area contributed by atoms with E-state index >= 15 is 0 Å². The fourth-order valence-electron chi connectivity index (χ4n) is 2.92. The third kappa shape index (κ3) is 2.04. The molecule has 0 amide bonds. The molecule has 0 aromatic heterocycles. The Bertz CT molecular complexity index is 202. The lowest BCUT2D eigenvalue weighted by atomic mass is 9.89. The highest BCUT2D eigenvalue weighted by Gasteiger charge is 2.34. The number of rotatable bonds is 5. The van der Waals surface area contributed by atoms with Gasteiger partial charge in [0, 0.05) is 0 Å². The van der Waals surface area contributed by atoms with E-state index in [0.29, 0.717) is 0 Å². The van der Waals surface area contributed by atoms with E-state index in [4.69, 9.17) is 0 Å². The smallest absolute Gasteiger partial charge is 0.0199 e. The predicted molar refractivity (Wildman–Crippen MR) is 57.5 cm³/mol. The summed E-state index contributed by atoms with van der Waals surface area (Å²) in [6, 6.07) is 0. The standard InChI is InChI=1S/C13H20/c1-2-3-4-5-6-12-9-11-7-8-13(12)10-11/h2,7-8,11-13H,1,3-6,9-10H2/t11?,12-,13?/m0/s1. The first-order valence-corrected chi connectivity index (χ1v) is 5.69. The largest absolute Gasteiger partial charge is 0.103 e. The molecule has 0 heterocycles. The molecular weight excluding hydrogens is 156 g/mol. The van der Waals surface area contributed by atoms with Crippen molar-refractivity contribution in [2.24, 2.45) is 17.8 Å². The second kappa shape index (κ2) is 4.13. The molecule has 0 aliphatic heterocycles. The van der Waals surface area contributed by atoms with E-state index in [1.165, 1.54) is 38.5 Å². The van der Waals surface area contributed by atoms with Gasteiger partial charge < -0.3 is 0 Å². The molecule has 0 heteroatoms. The molecule has 2 rings (SSSR count). The summed E-state index contributed by atoms with van der Waals surface area (Å²) in [7, 11) is 0. The number of hydrogen-bond donors (Lipinski definition) is 0. The molecule has 1 saturated carbocycles. The fourth-order valence-corrected chi connectivity index (χ4v) is 2.92. The van der Waals surface area contributed by atoms with Crippen LogP contribution in [-0.2, 0) is 0 Å². The minimum absolute atomic E-state index is 0.953. The molecule has 3 atom stereocenters. The molecule has 2 unspecified atom stereocenters. The molecule has 2 bridgehead atoms. The van der Waals surface area contributed by atoms with E-state index in [0.717, 1.165) is 17.8 Å². The Hall–Kier alpha value is -0.520. The summed E-state index contributed by atoms with van der Waals surface area (Å²) < 4.78 is 0. The van der Waals surface area contributed by atoms with Gasteiger partial charge in [-0.2, -0.15) is 0 Å². The summed E-state index contributed by atoms with van der Waals surface area (Å²) in [5, 5.41) is 0. The van der Waals surface area contributed by atoms with Crippen LogP contribution in [0.2, 0.25) is 0 Å². The summed E-state index contributed by atoms with van der Waals surface area (Å²) >= 11 is 0. The Labute approximate surface area is 81.7 Å². The summed E-state index contributed by atoms with van der Waals surface area (Å²) in [5.41, 5.74) is 0. The monoisotopic (exact) mass is 176 g/mol.